The van der Waals surface area contributed by atoms with Crippen LogP contribution in [-0.2, 0) is 6.54 Å². The molecule has 0 aliphatic rings. The number of nitro benzene ring substituents is 1. The van der Waals surface area contributed by atoms with E-state index in [2.05, 4.69) is 0 Å². The van der Waals surface area contributed by atoms with Crippen LogP contribution in [0.2, 0.25) is 0 Å². The molecule has 3 aromatic rings. The van der Waals surface area contributed by atoms with Gasteiger partial charge >= 0.3 is 0 Å². The summed E-state index contributed by atoms with van der Waals surface area (Å²) in [5.74, 6) is 0.663. The second-order valence-electron chi connectivity index (χ2n) is 5.72. The number of ether oxygens (including phenoxy) is 1. The lowest BCUT2D eigenvalue weighted by atomic mass is 10.1. The third kappa shape index (κ3) is 4.24. The van der Waals surface area contributed by atoms with E-state index in [1.54, 1.807) is 19.2 Å². The van der Waals surface area contributed by atoms with Crippen molar-refractivity contribution < 1.29 is 14.8 Å². The number of rotatable bonds is 7. The predicted octanol–water partition coefficient (Wildman–Crippen LogP) is 3.75. The van der Waals surface area contributed by atoms with Gasteiger partial charge in [-0.05, 0) is 18.6 Å². The molecular weight excluding hydrogens is 366 g/mol. The van der Waals surface area contributed by atoms with Gasteiger partial charge < -0.3 is 14.4 Å². The molecule has 0 aliphatic heterocycles. The van der Waals surface area contributed by atoms with Crippen LogP contribution in [0, 0.1) is 10.1 Å². The second-order valence-corrected chi connectivity index (χ2v) is 6.56. The monoisotopic (exact) mass is 385 g/mol. The Balaban J connectivity index is 2.13. The van der Waals surface area contributed by atoms with E-state index in [1.165, 1.54) is 17.4 Å². The third-order valence-electron chi connectivity index (χ3n) is 3.99. The van der Waals surface area contributed by atoms with E-state index in [0.717, 1.165) is 16.1 Å². The molecule has 0 unspecified atom stereocenters. The van der Waals surface area contributed by atoms with Gasteiger partial charge in [0.2, 0.25) is 0 Å². The molecule has 1 N–H and O–H groups in total. The van der Waals surface area contributed by atoms with E-state index in [0.29, 0.717) is 24.4 Å². The lowest BCUT2D eigenvalue weighted by molar-refractivity contribution is -0.384. The molecule has 0 radical (unpaired) electrons. The molecule has 27 heavy (non-hydrogen) atoms. The number of hydrogen-bond acceptors (Lipinski definition) is 6. The summed E-state index contributed by atoms with van der Waals surface area (Å²) in [5.41, 5.74) is 2.30. The third-order valence-corrected chi connectivity index (χ3v) is 4.86. The Morgan fingerprint density at radius 3 is 2.81 bits per heavy atom. The van der Waals surface area contributed by atoms with E-state index < -0.39 is 4.92 Å². The first kappa shape index (κ1) is 18.8. The first-order valence-electron chi connectivity index (χ1n) is 8.36. The van der Waals surface area contributed by atoms with Gasteiger partial charge in [-0.15, -0.1) is 11.3 Å². The summed E-state index contributed by atoms with van der Waals surface area (Å²) < 4.78 is 7.32. The van der Waals surface area contributed by atoms with Gasteiger partial charge in [0.25, 0.3) is 5.69 Å². The predicted molar refractivity (Wildman–Crippen MR) is 104 cm³/mol. The molecule has 2 aromatic carbocycles. The van der Waals surface area contributed by atoms with E-state index in [4.69, 9.17) is 9.73 Å². The van der Waals surface area contributed by atoms with Crippen molar-refractivity contribution in [2.24, 2.45) is 4.99 Å². The van der Waals surface area contributed by atoms with Crippen LogP contribution in [0.3, 0.4) is 0 Å². The number of hydrogen-bond donors (Lipinski definition) is 1. The molecule has 0 fully saturated rings. The number of para-hydroxylation sites is 2. The first-order valence-corrected chi connectivity index (χ1v) is 9.23. The molecule has 0 saturated heterocycles. The fourth-order valence-corrected chi connectivity index (χ4v) is 3.65. The Morgan fingerprint density at radius 2 is 2.07 bits per heavy atom. The summed E-state index contributed by atoms with van der Waals surface area (Å²) >= 11 is 1.44. The molecule has 0 atom stereocenters. The Kier molecular flexibility index (Phi) is 6.00. The van der Waals surface area contributed by atoms with Gasteiger partial charge in [-0.1, -0.05) is 24.3 Å². The number of nitrogens with zero attached hydrogens (tertiary/aromatic N) is 3. The molecular formula is C19H19N3O4S. The van der Waals surface area contributed by atoms with Crippen LogP contribution in [-0.4, -0.2) is 28.3 Å². The molecule has 1 heterocycles. The summed E-state index contributed by atoms with van der Waals surface area (Å²) in [7, 11) is 1.59. The highest BCUT2D eigenvalue weighted by molar-refractivity contribution is 7.07. The maximum atomic E-state index is 11.1. The molecule has 3 rings (SSSR count). The Hall–Kier alpha value is -2.97. The van der Waals surface area contributed by atoms with Crippen molar-refractivity contribution in [3.8, 4) is 17.0 Å². The van der Waals surface area contributed by atoms with Crippen LogP contribution in [0.4, 0.5) is 11.4 Å². The Morgan fingerprint density at radius 1 is 1.26 bits per heavy atom. The van der Waals surface area contributed by atoms with Gasteiger partial charge in [0, 0.05) is 36.2 Å². The number of aliphatic hydroxyl groups is 1. The van der Waals surface area contributed by atoms with Gasteiger partial charge in [0.1, 0.15) is 11.4 Å². The minimum atomic E-state index is -0.409. The van der Waals surface area contributed by atoms with Gasteiger partial charge in [-0.25, -0.2) is 4.99 Å². The molecule has 0 spiro atoms. The van der Waals surface area contributed by atoms with Crippen LogP contribution in [0.1, 0.15) is 6.42 Å². The summed E-state index contributed by atoms with van der Waals surface area (Å²) in [4.78, 5) is 16.1. The zero-order valence-electron chi connectivity index (χ0n) is 14.7. The number of non-ortho nitro benzene ring substituents is 1. The number of aromatic nitrogens is 1. The second kappa shape index (κ2) is 8.61. The number of nitro groups is 1. The number of thiazole rings is 1. The lowest BCUT2D eigenvalue weighted by Crippen LogP contribution is -2.16. The minimum absolute atomic E-state index is 0.0376. The molecule has 0 amide bonds. The topological polar surface area (TPSA) is 89.9 Å². The molecule has 1 aromatic heterocycles. The number of benzene rings is 2. The van der Waals surface area contributed by atoms with Gasteiger partial charge in [0.05, 0.1) is 17.7 Å². The fraction of sp³-hybridized carbons (Fsp3) is 0.211. The highest BCUT2D eigenvalue weighted by Gasteiger charge is 2.12. The van der Waals surface area contributed by atoms with Gasteiger partial charge in [-0.2, -0.15) is 0 Å². The van der Waals surface area contributed by atoms with Crippen LogP contribution in [0.15, 0.2) is 58.9 Å². The average molecular weight is 385 g/mol. The van der Waals surface area contributed by atoms with Crippen molar-refractivity contribution >= 4 is 22.7 Å². The molecule has 8 heteroatoms. The highest BCUT2D eigenvalue weighted by Crippen LogP contribution is 2.28. The number of aliphatic hydroxyl groups excluding tert-OH is 1. The van der Waals surface area contributed by atoms with Gasteiger partial charge in [-0.3, -0.25) is 10.1 Å². The van der Waals surface area contributed by atoms with Crippen molar-refractivity contribution in [1.29, 1.82) is 0 Å². The van der Waals surface area contributed by atoms with Crippen molar-refractivity contribution in [3.05, 3.63) is 68.8 Å². The van der Waals surface area contributed by atoms with E-state index in [1.807, 2.05) is 40.3 Å². The highest BCUT2D eigenvalue weighted by atomic mass is 32.1. The summed E-state index contributed by atoms with van der Waals surface area (Å²) in [6, 6.07) is 14.0. The van der Waals surface area contributed by atoms with Crippen LogP contribution in [0.25, 0.3) is 11.3 Å². The Bertz CT molecular complexity index is 1010. The molecule has 140 valence electrons. The quantitative estimate of drug-likeness (QED) is 0.495. The summed E-state index contributed by atoms with van der Waals surface area (Å²) in [6.07, 6.45) is 0.553. The Labute approximate surface area is 160 Å². The first-order chi connectivity index (χ1) is 13.1. The average Bonchev–Trinajstić information content (AvgIpc) is 3.09. The van der Waals surface area contributed by atoms with E-state index >= 15 is 0 Å². The van der Waals surface area contributed by atoms with Crippen LogP contribution in [0.5, 0.6) is 5.75 Å². The molecule has 0 aliphatic carbocycles. The SMILES string of the molecule is COc1ccccc1N=c1scc(-c2cccc([N+](=O)[O-])c2)n1CCCO. The minimum Gasteiger partial charge on any atom is -0.494 e. The number of methoxy groups -OCH3 is 1. The molecule has 7 nitrogen and oxygen atoms in total. The smallest absolute Gasteiger partial charge is 0.270 e. The van der Waals surface area contributed by atoms with Gasteiger partial charge in [0.15, 0.2) is 4.80 Å². The van der Waals surface area contributed by atoms with Crippen molar-refractivity contribution in [3.63, 3.8) is 0 Å². The van der Waals surface area contributed by atoms with Crippen molar-refractivity contribution in [2.75, 3.05) is 13.7 Å². The zero-order valence-corrected chi connectivity index (χ0v) is 15.6. The fourth-order valence-electron chi connectivity index (χ4n) is 2.70. The van der Waals surface area contributed by atoms with Crippen molar-refractivity contribution in [1.82, 2.24) is 4.57 Å². The lowest BCUT2D eigenvalue weighted by Gasteiger charge is -2.09. The van der Waals surface area contributed by atoms with Crippen LogP contribution >= 0.6 is 11.3 Å². The summed E-state index contributed by atoms with van der Waals surface area (Å²) in [5, 5.41) is 22.3. The largest absolute Gasteiger partial charge is 0.494 e. The van der Waals surface area contributed by atoms with Crippen LogP contribution < -0.4 is 9.54 Å². The normalized spacial score (nSPS) is 11.6. The maximum absolute atomic E-state index is 11.1. The molecule has 0 bridgehead atoms. The van der Waals surface area contributed by atoms with E-state index in [-0.39, 0.29) is 12.3 Å². The maximum Gasteiger partial charge on any atom is 0.270 e. The van der Waals surface area contributed by atoms with Crippen molar-refractivity contribution in [2.45, 2.75) is 13.0 Å². The molecule has 0 saturated carbocycles. The summed E-state index contributed by atoms with van der Waals surface area (Å²) in [6.45, 7) is 0.595. The standard InChI is InChI=1S/C19H19N3O4S/c1-26-18-9-3-2-8-16(18)20-19-21(10-5-11-23)17(13-27-19)14-6-4-7-15(12-14)22(24)25/h2-4,6-9,12-13,23H,5,10-11H2,1H3. The van der Waals surface area contributed by atoms with E-state index in [9.17, 15) is 15.2 Å². The zero-order chi connectivity index (χ0) is 19.2.